The van der Waals surface area contributed by atoms with Crippen LogP contribution in [0, 0.1) is 5.92 Å². The standard InChI is InChI=1S/C12H20F2N2O/c13-9-6-16(7-10(9)14)12(17)11(15)8-4-2-1-3-5-8/h8-11H,1-7,15H2/t9-,10+,11-/m0/s1. The monoisotopic (exact) mass is 246 g/mol. The fourth-order valence-electron chi connectivity index (χ4n) is 2.81. The van der Waals surface area contributed by atoms with Crippen LogP contribution in [0.4, 0.5) is 8.78 Å². The molecule has 1 aliphatic heterocycles. The van der Waals surface area contributed by atoms with Gasteiger partial charge in [0.1, 0.15) is 0 Å². The molecule has 1 heterocycles. The first kappa shape index (κ1) is 12.7. The van der Waals surface area contributed by atoms with Crippen molar-refractivity contribution in [2.24, 2.45) is 11.7 Å². The van der Waals surface area contributed by atoms with E-state index in [-0.39, 0.29) is 24.9 Å². The van der Waals surface area contributed by atoms with E-state index in [2.05, 4.69) is 0 Å². The molecule has 3 atom stereocenters. The van der Waals surface area contributed by atoms with E-state index in [4.69, 9.17) is 5.73 Å². The predicted octanol–water partition coefficient (Wildman–Crippen LogP) is 1.41. The summed E-state index contributed by atoms with van der Waals surface area (Å²) in [6.45, 7) is -0.277. The molecule has 98 valence electrons. The van der Waals surface area contributed by atoms with Crippen molar-refractivity contribution in [3.05, 3.63) is 0 Å². The van der Waals surface area contributed by atoms with E-state index in [0.717, 1.165) is 25.7 Å². The van der Waals surface area contributed by atoms with Gasteiger partial charge in [-0.3, -0.25) is 4.79 Å². The van der Waals surface area contributed by atoms with Crippen molar-refractivity contribution in [1.82, 2.24) is 4.90 Å². The summed E-state index contributed by atoms with van der Waals surface area (Å²) in [6.07, 6.45) is 2.22. The van der Waals surface area contributed by atoms with Gasteiger partial charge in [-0.25, -0.2) is 8.78 Å². The van der Waals surface area contributed by atoms with E-state index >= 15 is 0 Å². The zero-order chi connectivity index (χ0) is 12.4. The minimum atomic E-state index is -1.54. The number of nitrogens with zero attached hydrogens (tertiary/aromatic N) is 1. The maximum absolute atomic E-state index is 13.0. The van der Waals surface area contributed by atoms with Gasteiger partial charge in [0, 0.05) is 0 Å². The summed E-state index contributed by atoms with van der Waals surface area (Å²) < 4.78 is 26.0. The number of carbonyl (C=O) groups excluding carboxylic acids is 1. The molecule has 2 aliphatic rings. The van der Waals surface area contributed by atoms with Crippen molar-refractivity contribution in [3.63, 3.8) is 0 Å². The van der Waals surface area contributed by atoms with Crippen LogP contribution in [0.5, 0.6) is 0 Å². The van der Waals surface area contributed by atoms with Gasteiger partial charge in [0.2, 0.25) is 5.91 Å². The number of amides is 1. The smallest absolute Gasteiger partial charge is 0.239 e. The van der Waals surface area contributed by atoms with Crippen LogP contribution in [0.25, 0.3) is 0 Å². The first-order valence-corrected chi connectivity index (χ1v) is 6.42. The average molecular weight is 246 g/mol. The first-order chi connectivity index (χ1) is 8.09. The number of likely N-dealkylation sites (tertiary alicyclic amines) is 1. The van der Waals surface area contributed by atoms with E-state index in [1.54, 1.807) is 0 Å². The van der Waals surface area contributed by atoms with E-state index in [1.165, 1.54) is 11.3 Å². The van der Waals surface area contributed by atoms with Crippen LogP contribution in [0.3, 0.4) is 0 Å². The van der Waals surface area contributed by atoms with Crippen molar-refractivity contribution in [1.29, 1.82) is 0 Å². The Morgan fingerprint density at radius 1 is 1.12 bits per heavy atom. The third-order valence-corrected chi connectivity index (χ3v) is 3.94. The molecule has 1 saturated carbocycles. The molecule has 2 fully saturated rings. The lowest BCUT2D eigenvalue weighted by molar-refractivity contribution is -0.133. The second-order valence-corrected chi connectivity index (χ2v) is 5.20. The van der Waals surface area contributed by atoms with Crippen molar-refractivity contribution in [2.45, 2.75) is 50.5 Å². The highest BCUT2D eigenvalue weighted by Gasteiger charge is 2.38. The Bertz CT molecular complexity index is 272. The largest absolute Gasteiger partial charge is 0.335 e. The summed E-state index contributed by atoms with van der Waals surface area (Å²) in [4.78, 5) is 13.2. The second kappa shape index (κ2) is 5.29. The highest BCUT2D eigenvalue weighted by Crippen LogP contribution is 2.27. The first-order valence-electron chi connectivity index (χ1n) is 6.42. The average Bonchev–Trinajstić information content (AvgIpc) is 2.69. The lowest BCUT2D eigenvalue weighted by Crippen LogP contribution is -2.47. The van der Waals surface area contributed by atoms with E-state index in [0.29, 0.717) is 0 Å². The van der Waals surface area contributed by atoms with Gasteiger partial charge in [-0.1, -0.05) is 19.3 Å². The Kier molecular flexibility index (Phi) is 3.97. The summed E-state index contributed by atoms with van der Waals surface area (Å²) in [6, 6.07) is -0.576. The molecule has 0 spiro atoms. The van der Waals surface area contributed by atoms with Gasteiger partial charge in [0.05, 0.1) is 19.1 Å². The number of hydrogen-bond acceptors (Lipinski definition) is 2. The number of nitrogens with two attached hydrogens (primary N) is 1. The van der Waals surface area contributed by atoms with Crippen LogP contribution in [-0.2, 0) is 4.79 Å². The quantitative estimate of drug-likeness (QED) is 0.800. The SMILES string of the molecule is N[C@H](C(=O)N1C[C@@H](F)[C@@H](F)C1)C1CCCCC1. The minimum absolute atomic E-state index is 0.138. The topological polar surface area (TPSA) is 46.3 Å². The van der Waals surface area contributed by atoms with Crippen LogP contribution in [0.2, 0.25) is 0 Å². The Morgan fingerprint density at radius 3 is 2.18 bits per heavy atom. The Labute approximate surface area is 100 Å². The lowest BCUT2D eigenvalue weighted by atomic mass is 9.84. The maximum Gasteiger partial charge on any atom is 0.239 e. The van der Waals surface area contributed by atoms with Crippen molar-refractivity contribution >= 4 is 5.91 Å². The molecule has 2 N–H and O–H groups in total. The number of rotatable bonds is 2. The molecule has 1 saturated heterocycles. The molecule has 0 aromatic rings. The summed E-state index contributed by atoms with van der Waals surface area (Å²) in [5, 5.41) is 0. The molecular weight excluding hydrogens is 226 g/mol. The molecule has 3 nitrogen and oxygen atoms in total. The summed E-state index contributed by atoms with van der Waals surface area (Å²) in [7, 11) is 0. The highest BCUT2D eigenvalue weighted by molar-refractivity contribution is 5.82. The Morgan fingerprint density at radius 2 is 1.65 bits per heavy atom. The molecule has 0 aromatic heterocycles. The van der Waals surface area contributed by atoms with Gasteiger partial charge in [-0.15, -0.1) is 0 Å². The fourth-order valence-corrected chi connectivity index (χ4v) is 2.81. The van der Waals surface area contributed by atoms with Crippen LogP contribution in [0.15, 0.2) is 0 Å². The Balaban J connectivity index is 1.90. The van der Waals surface area contributed by atoms with E-state index < -0.39 is 18.4 Å². The van der Waals surface area contributed by atoms with Crippen molar-refractivity contribution < 1.29 is 13.6 Å². The molecule has 17 heavy (non-hydrogen) atoms. The Hall–Kier alpha value is -0.710. The number of alkyl halides is 2. The van der Waals surface area contributed by atoms with Crippen LogP contribution in [0.1, 0.15) is 32.1 Å². The van der Waals surface area contributed by atoms with Crippen molar-refractivity contribution in [2.75, 3.05) is 13.1 Å². The zero-order valence-electron chi connectivity index (χ0n) is 9.95. The number of carbonyl (C=O) groups is 1. The zero-order valence-corrected chi connectivity index (χ0v) is 9.95. The number of hydrogen-bond donors (Lipinski definition) is 1. The minimum Gasteiger partial charge on any atom is -0.335 e. The number of halogens is 2. The molecule has 1 aliphatic carbocycles. The van der Waals surface area contributed by atoms with Gasteiger partial charge in [-0.05, 0) is 18.8 Å². The van der Waals surface area contributed by atoms with Gasteiger partial charge in [0.15, 0.2) is 12.3 Å². The normalized spacial score (nSPS) is 32.8. The van der Waals surface area contributed by atoms with Crippen LogP contribution >= 0.6 is 0 Å². The third kappa shape index (κ3) is 2.76. The van der Waals surface area contributed by atoms with Crippen LogP contribution < -0.4 is 5.73 Å². The highest BCUT2D eigenvalue weighted by atomic mass is 19.2. The maximum atomic E-state index is 13.0. The van der Waals surface area contributed by atoms with Gasteiger partial charge >= 0.3 is 0 Å². The fraction of sp³-hybridized carbons (Fsp3) is 0.917. The second-order valence-electron chi connectivity index (χ2n) is 5.20. The molecule has 0 radical (unpaired) electrons. The molecule has 2 rings (SSSR count). The molecule has 0 bridgehead atoms. The molecule has 0 aromatic carbocycles. The van der Waals surface area contributed by atoms with Gasteiger partial charge in [-0.2, -0.15) is 0 Å². The van der Waals surface area contributed by atoms with Gasteiger partial charge in [0.25, 0.3) is 0 Å². The van der Waals surface area contributed by atoms with Crippen molar-refractivity contribution in [3.8, 4) is 0 Å². The molecule has 1 amide bonds. The summed E-state index contributed by atoms with van der Waals surface area (Å²) in [5.41, 5.74) is 5.93. The summed E-state index contributed by atoms with van der Waals surface area (Å²) >= 11 is 0. The molecular formula is C12H20F2N2O. The van der Waals surface area contributed by atoms with Crippen LogP contribution in [-0.4, -0.2) is 42.3 Å². The predicted molar refractivity (Wildman–Crippen MR) is 60.9 cm³/mol. The van der Waals surface area contributed by atoms with E-state index in [9.17, 15) is 13.6 Å². The van der Waals surface area contributed by atoms with E-state index in [1.807, 2.05) is 0 Å². The third-order valence-electron chi connectivity index (χ3n) is 3.94. The lowest BCUT2D eigenvalue weighted by Gasteiger charge is -2.29. The molecule has 5 heteroatoms. The van der Waals surface area contributed by atoms with Gasteiger partial charge < -0.3 is 10.6 Å². The molecule has 0 unspecified atom stereocenters. The summed E-state index contributed by atoms with van der Waals surface area (Å²) in [5.74, 6) is -0.0901.